The molecule has 3 rings (SSSR count). The molecule has 1 aromatic heterocycles. The molecule has 1 fully saturated rings. The van der Waals surface area contributed by atoms with Crippen LogP contribution in [0.25, 0.3) is 10.9 Å². The lowest BCUT2D eigenvalue weighted by molar-refractivity contribution is -0.151. The summed E-state index contributed by atoms with van der Waals surface area (Å²) >= 11 is 0. The number of hydrogen-bond acceptors (Lipinski definition) is 3. The zero-order valence-corrected chi connectivity index (χ0v) is 13.7. The SMILES string of the molecule is CCOC(=O)C1CCN(C(=O)Cc2c[nH]c3cc(F)ccc23)CC1. The highest BCUT2D eigenvalue weighted by molar-refractivity contribution is 5.89. The number of aromatic nitrogens is 1. The molecule has 0 saturated carbocycles. The molecule has 1 aliphatic heterocycles. The second-order valence-electron chi connectivity index (χ2n) is 6.09. The Labute approximate surface area is 139 Å². The summed E-state index contributed by atoms with van der Waals surface area (Å²) in [6.07, 6.45) is 3.32. The standard InChI is InChI=1S/C18H21FN2O3/c1-2-24-18(23)12-5-7-21(8-6-12)17(22)9-13-11-20-16-10-14(19)3-4-15(13)16/h3-4,10-12,20H,2,5-9H2,1H3. The number of rotatable bonds is 4. The highest BCUT2D eigenvalue weighted by Crippen LogP contribution is 2.22. The van der Waals surface area contributed by atoms with E-state index in [0.717, 1.165) is 10.9 Å². The van der Waals surface area contributed by atoms with Crippen molar-refractivity contribution in [2.75, 3.05) is 19.7 Å². The lowest BCUT2D eigenvalue weighted by Crippen LogP contribution is -2.41. The average molecular weight is 332 g/mol. The molecule has 128 valence electrons. The lowest BCUT2D eigenvalue weighted by Gasteiger charge is -2.31. The number of hydrogen-bond donors (Lipinski definition) is 1. The number of carbonyl (C=O) groups is 2. The van der Waals surface area contributed by atoms with Gasteiger partial charge in [0.2, 0.25) is 5.91 Å². The van der Waals surface area contributed by atoms with Gasteiger partial charge in [0.1, 0.15) is 5.82 Å². The van der Waals surface area contributed by atoms with E-state index in [1.807, 2.05) is 0 Å². The summed E-state index contributed by atoms with van der Waals surface area (Å²) < 4.78 is 18.3. The minimum absolute atomic E-state index is 0.0301. The van der Waals surface area contributed by atoms with E-state index in [4.69, 9.17) is 4.74 Å². The van der Waals surface area contributed by atoms with Crippen LogP contribution in [0.1, 0.15) is 25.3 Å². The number of ether oxygens (including phenoxy) is 1. The van der Waals surface area contributed by atoms with Gasteiger partial charge in [-0.3, -0.25) is 9.59 Å². The fourth-order valence-corrected chi connectivity index (χ4v) is 3.20. The number of aromatic amines is 1. The van der Waals surface area contributed by atoms with Crippen LogP contribution in [-0.4, -0.2) is 41.5 Å². The second kappa shape index (κ2) is 7.03. The summed E-state index contributed by atoms with van der Waals surface area (Å²) in [6, 6.07) is 4.51. The first-order valence-electron chi connectivity index (χ1n) is 8.28. The van der Waals surface area contributed by atoms with Crippen molar-refractivity contribution in [2.45, 2.75) is 26.2 Å². The van der Waals surface area contributed by atoms with Crippen LogP contribution in [-0.2, 0) is 20.7 Å². The summed E-state index contributed by atoms with van der Waals surface area (Å²) in [7, 11) is 0. The van der Waals surface area contributed by atoms with Gasteiger partial charge in [-0.05, 0) is 43.5 Å². The van der Waals surface area contributed by atoms with Crippen LogP contribution < -0.4 is 0 Å². The molecule has 2 heterocycles. The minimum Gasteiger partial charge on any atom is -0.466 e. The van der Waals surface area contributed by atoms with Gasteiger partial charge < -0.3 is 14.6 Å². The Balaban J connectivity index is 1.60. The maximum Gasteiger partial charge on any atom is 0.309 e. The number of nitrogens with one attached hydrogen (secondary N) is 1. The van der Waals surface area contributed by atoms with Crippen LogP contribution in [0, 0.1) is 11.7 Å². The number of fused-ring (bicyclic) bond motifs is 1. The molecule has 24 heavy (non-hydrogen) atoms. The van der Waals surface area contributed by atoms with Crippen LogP contribution in [0.15, 0.2) is 24.4 Å². The molecular weight excluding hydrogens is 311 g/mol. The van der Waals surface area contributed by atoms with Crippen molar-refractivity contribution in [1.82, 2.24) is 9.88 Å². The Morgan fingerprint density at radius 3 is 2.79 bits per heavy atom. The highest BCUT2D eigenvalue weighted by atomic mass is 19.1. The second-order valence-corrected chi connectivity index (χ2v) is 6.09. The number of amides is 1. The average Bonchev–Trinajstić information content (AvgIpc) is 2.97. The number of benzene rings is 1. The molecule has 1 saturated heterocycles. The fraction of sp³-hybridized carbons (Fsp3) is 0.444. The molecule has 0 radical (unpaired) electrons. The molecule has 1 N–H and O–H groups in total. The van der Waals surface area contributed by atoms with E-state index in [0.29, 0.717) is 38.1 Å². The van der Waals surface area contributed by atoms with Gasteiger partial charge in [-0.1, -0.05) is 0 Å². The van der Waals surface area contributed by atoms with E-state index in [-0.39, 0.29) is 30.0 Å². The van der Waals surface area contributed by atoms with E-state index < -0.39 is 0 Å². The third-order valence-electron chi connectivity index (χ3n) is 4.54. The van der Waals surface area contributed by atoms with Crippen molar-refractivity contribution in [3.8, 4) is 0 Å². The van der Waals surface area contributed by atoms with Crippen LogP contribution in [0.5, 0.6) is 0 Å². The summed E-state index contributed by atoms with van der Waals surface area (Å²) in [4.78, 5) is 29.0. The summed E-state index contributed by atoms with van der Waals surface area (Å²) in [5.41, 5.74) is 1.56. The Bertz CT molecular complexity index is 748. The van der Waals surface area contributed by atoms with Crippen molar-refractivity contribution in [3.05, 3.63) is 35.8 Å². The Morgan fingerprint density at radius 1 is 1.33 bits per heavy atom. The van der Waals surface area contributed by atoms with Crippen molar-refractivity contribution in [2.24, 2.45) is 5.92 Å². The van der Waals surface area contributed by atoms with Gasteiger partial charge in [-0.2, -0.15) is 0 Å². The van der Waals surface area contributed by atoms with E-state index in [1.54, 1.807) is 24.1 Å². The highest BCUT2D eigenvalue weighted by Gasteiger charge is 2.28. The molecule has 0 bridgehead atoms. The quantitative estimate of drug-likeness (QED) is 0.876. The van der Waals surface area contributed by atoms with Gasteiger partial charge in [0.05, 0.1) is 18.9 Å². The lowest BCUT2D eigenvalue weighted by atomic mass is 9.96. The van der Waals surface area contributed by atoms with Gasteiger partial charge in [0, 0.05) is 30.2 Å². The predicted molar refractivity (Wildman–Crippen MR) is 87.9 cm³/mol. The molecule has 5 nitrogen and oxygen atoms in total. The first-order chi connectivity index (χ1) is 11.6. The van der Waals surface area contributed by atoms with Gasteiger partial charge in [-0.15, -0.1) is 0 Å². The number of H-pyrrole nitrogens is 1. The van der Waals surface area contributed by atoms with Gasteiger partial charge in [0.25, 0.3) is 0 Å². The molecule has 0 unspecified atom stereocenters. The van der Waals surface area contributed by atoms with Crippen LogP contribution in [0.4, 0.5) is 4.39 Å². The Morgan fingerprint density at radius 2 is 2.08 bits per heavy atom. The number of piperidine rings is 1. The molecule has 0 spiro atoms. The maximum atomic E-state index is 13.2. The van der Waals surface area contributed by atoms with Crippen LogP contribution in [0.3, 0.4) is 0 Å². The number of likely N-dealkylation sites (tertiary alicyclic amines) is 1. The minimum atomic E-state index is -0.303. The zero-order valence-electron chi connectivity index (χ0n) is 13.7. The van der Waals surface area contributed by atoms with Crippen molar-refractivity contribution in [1.29, 1.82) is 0 Å². The smallest absolute Gasteiger partial charge is 0.309 e. The number of esters is 1. The third-order valence-corrected chi connectivity index (χ3v) is 4.54. The van der Waals surface area contributed by atoms with Gasteiger partial charge >= 0.3 is 5.97 Å². The molecule has 1 aromatic carbocycles. The summed E-state index contributed by atoms with van der Waals surface area (Å²) in [5.74, 6) is -0.542. The molecule has 6 heteroatoms. The largest absolute Gasteiger partial charge is 0.466 e. The Hall–Kier alpha value is -2.37. The first kappa shape index (κ1) is 16.5. The first-order valence-corrected chi connectivity index (χ1v) is 8.28. The predicted octanol–water partition coefficient (Wildman–Crippen LogP) is 2.65. The third kappa shape index (κ3) is 3.42. The molecular formula is C18H21FN2O3. The van der Waals surface area contributed by atoms with E-state index >= 15 is 0 Å². The summed E-state index contributed by atoms with van der Waals surface area (Å²) in [6.45, 7) is 3.32. The number of nitrogens with zero attached hydrogens (tertiary/aromatic N) is 1. The van der Waals surface area contributed by atoms with Crippen molar-refractivity contribution >= 4 is 22.8 Å². The van der Waals surface area contributed by atoms with Crippen molar-refractivity contribution in [3.63, 3.8) is 0 Å². The van der Waals surface area contributed by atoms with Crippen molar-refractivity contribution < 1.29 is 18.7 Å². The number of halogens is 1. The normalized spacial score (nSPS) is 15.7. The maximum absolute atomic E-state index is 13.2. The summed E-state index contributed by atoms with van der Waals surface area (Å²) in [5, 5.41) is 0.867. The van der Waals surface area contributed by atoms with Gasteiger partial charge in [-0.25, -0.2) is 4.39 Å². The molecule has 0 atom stereocenters. The van der Waals surface area contributed by atoms with Crippen LogP contribution in [0.2, 0.25) is 0 Å². The zero-order chi connectivity index (χ0) is 17.1. The number of carbonyl (C=O) groups excluding carboxylic acids is 2. The molecule has 0 aliphatic carbocycles. The monoisotopic (exact) mass is 332 g/mol. The molecule has 1 aliphatic rings. The molecule has 2 aromatic rings. The fourth-order valence-electron chi connectivity index (χ4n) is 3.20. The van der Waals surface area contributed by atoms with Gasteiger partial charge in [0.15, 0.2) is 0 Å². The van der Waals surface area contributed by atoms with E-state index in [1.165, 1.54) is 12.1 Å². The van der Waals surface area contributed by atoms with Crippen LogP contribution >= 0.6 is 0 Å². The van der Waals surface area contributed by atoms with E-state index in [9.17, 15) is 14.0 Å². The van der Waals surface area contributed by atoms with E-state index in [2.05, 4.69) is 4.98 Å². The molecule has 1 amide bonds. The Kier molecular flexibility index (Phi) is 4.83. The topological polar surface area (TPSA) is 62.4 Å².